The summed E-state index contributed by atoms with van der Waals surface area (Å²) in [5.41, 5.74) is 2.87. The first-order valence-electron chi connectivity index (χ1n) is 6.51. The van der Waals surface area contributed by atoms with Crippen molar-refractivity contribution in [2.75, 3.05) is 13.7 Å². The average molecular weight is 233 g/mol. The molecule has 1 aliphatic rings. The third-order valence-electron chi connectivity index (χ3n) is 3.75. The highest BCUT2D eigenvalue weighted by molar-refractivity contribution is 5.27. The van der Waals surface area contributed by atoms with E-state index in [0.29, 0.717) is 12.1 Å². The lowest BCUT2D eigenvalue weighted by Gasteiger charge is -2.37. The first-order chi connectivity index (χ1) is 8.19. The minimum absolute atomic E-state index is 0.313. The van der Waals surface area contributed by atoms with Gasteiger partial charge in [-0.05, 0) is 38.2 Å². The van der Waals surface area contributed by atoms with Gasteiger partial charge < -0.3 is 10.1 Å². The molecule has 1 saturated carbocycles. The molecule has 0 bridgehead atoms. The summed E-state index contributed by atoms with van der Waals surface area (Å²) >= 11 is 0. The fourth-order valence-electron chi connectivity index (χ4n) is 2.40. The minimum Gasteiger partial charge on any atom is -0.380 e. The Morgan fingerprint density at radius 1 is 1.41 bits per heavy atom. The topological polar surface area (TPSA) is 21.3 Å². The van der Waals surface area contributed by atoms with Gasteiger partial charge in [0.15, 0.2) is 0 Å². The molecule has 1 unspecified atom stereocenters. The molecular weight excluding hydrogens is 210 g/mol. The van der Waals surface area contributed by atoms with Crippen LogP contribution in [0.5, 0.6) is 0 Å². The Kier molecular flexibility index (Phi) is 4.19. The third-order valence-corrected chi connectivity index (χ3v) is 3.75. The Morgan fingerprint density at radius 2 is 2.18 bits per heavy atom. The van der Waals surface area contributed by atoms with Gasteiger partial charge in [-0.15, -0.1) is 0 Å². The van der Waals surface area contributed by atoms with E-state index in [1.165, 1.54) is 24.0 Å². The molecule has 0 spiro atoms. The van der Waals surface area contributed by atoms with Gasteiger partial charge in [0.2, 0.25) is 0 Å². The van der Waals surface area contributed by atoms with E-state index in [4.69, 9.17) is 4.74 Å². The number of ether oxygens (including phenoxy) is 1. The van der Waals surface area contributed by atoms with Crippen LogP contribution in [-0.4, -0.2) is 25.8 Å². The van der Waals surface area contributed by atoms with Gasteiger partial charge in [-0.3, -0.25) is 0 Å². The number of hydrogen-bond donors (Lipinski definition) is 1. The molecule has 0 radical (unpaired) electrons. The molecule has 1 N–H and O–H groups in total. The van der Waals surface area contributed by atoms with Crippen LogP contribution in [0.4, 0.5) is 0 Å². The van der Waals surface area contributed by atoms with Crippen LogP contribution in [0.25, 0.3) is 0 Å². The molecule has 1 aromatic rings. The van der Waals surface area contributed by atoms with Crippen LogP contribution < -0.4 is 5.32 Å². The smallest absolute Gasteiger partial charge is 0.0667 e. The van der Waals surface area contributed by atoms with Crippen molar-refractivity contribution in [3.8, 4) is 0 Å². The highest BCUT2D eigenvalue weighted by atomic mass is 16.5. The summed E-state index contributed by atoms with van der Waals surface area (Å²) in [6.45, 7) is 5.23. The average Bonchev–Trinajstić information content (AvgIpc) is 2.26. The lowest BCUT2D eigenvalue weighted by Crippen LogP contribution is -2.43. The molecule has 1 fully saturated rings. The lowest BCUT2D eigenvalue weighted by atomic mass is 9.75. The van der Waals surface area contributed by atoms with Gasteiger partial charge in [-0.25, -0.2) is 0 Å². The van der Waals surface area contributed by atoms with Crippen LogP contribution in [0, 0.1) is 6.92 Å². The fourth-order valence-corrected chi connectivity index (χ4v) is 2.40. The first-order valence-corrected chi connectivity index (χ1v) is 6.51. The fraction of sp³-hybridized carbons (Fsp3) is 0.600. The number of methoxy groups -OCH3 is 1. The maximum absolute atomic E-state index is 5.23. The number of aryl methyl sites for hydroxylation is 1. The molecule has 1 aliphatic carbocycles. The number of benzene rings is 1. The second-order valence-corrected chi connectivity index (χ2v) is 5.23. The van der Waals surface area contributed by atoms with Gasteiger partial charge in [-0.2, -0.15) is 0 Å². The SMILES string of the molecule is COC(C)CNC1CC(c2cccc(C)c2)C1. The van der Waals surface area contributed by atoms with E-state index < -0.39 is 0 Å². The summed E-state index contributed by atoms with van der Waals surface area (Å²) in [7, 11) is 1.77. The molecule has 0 amide bonds. The molecule has 1 aromatic carbocycles. The summed E-state index contributed by atoms with van der Waals surface area (Å²) in [6.07, 6.45) is 2.84. The summed E-state index contributed by atoms with van der Waals surface area (Å²) < 4.78 is 5.23. The number of rotatable bonds is 5. The highest BCUT2D eigenvalue weighted by Crippen LogP contribution is 2.36. The van der Waals surface area contributed by atoms with Crippen LogP contribution in [0.2, 0.25) is 0 Å². The van der Waals surface area contributed by atoms with Crippen molar-refractivity contribution in [2.45, 2.75) is 44.8 Å². The molecule has 94 valence electrons. The Bertz CT molecular complexity index is 358. The molecule has 2 heteroatoms. The molecule has 2 rings (SSSR count). The van der Waals surface area contributed by atoms with E-state index in [1.807, 2.05) is 0 Å². The predicted molar refractivity (Wildman–Crippen MR) is 71.4 cm³/mol. The molecule has 17 heavy (non-hydrogen) atoms. The molecule has 0 aromatic heterocycles. The normalized spacial score (nSPS) is 25.4. The molecule has 0 heterocycles. The first kappa shape index (κ1) is 12.6. The quantitative estimate of drug-likeness (QED) is 0.844. The van der Waals surface area contributed by atoms with Crippen molar-refractivity contribution in [3.05, 3.63) is 35.4 Å². The molecule has 2 nitrogen and oxygen atoms in total. The van der Waals surface area contributed by atoms with E-state index in [-0.39, 0.29) is 0 Å². The summed E-state index contributed by atoms with van der Waals surface area (Å²) in [5, 5.41) is 3.56. The molecule has 0 aliphatic heterocycles. The van der Waals surface area contributed by atoms with Crippen LogP contribution in [0.15, 0.2) is 24.3 Å². The van der Waals surface area contributed by atoms with Gasteiger partial charge in [-0.1, -0.05) is 29.8 Å². The minimum atomic E-state index is 0.313. The largest absolute Gasteiger partial charge is 0.380 e. The van der Waals surface area contributed by atoms with Gasteiger partial charge in [0.1, 0.15) is 0 Å². The Morgan fingerprint density at radius 3 is 2.82 bits per heavy atom. The van der Waals surface area contributed by atoms with Crippen LogP contribution in [0.1, 0.15) is 36.8 Å². The molecule has 0 saturated heterocycles. The monoisotopic (exact) mass is 233 g/mol. The standard InChI is InChI=1S/C15H23NO/c1-11-5-4-6-13(7-11)14-8-15(9-14)16-10-12(2)17-3/h4-7,12,14-16H,8-10H2,1-3H3. The van der Waals surface area contributed by atoms with Crippen LogP contribution >= 0.6 is 0 Å². The number of hydrogen-bond acceptors (Lipinski definition) is 2. The highest BCUT2D eigenvalue weighted by Gasteiger charge is 2.29. The van der Waals surface area contributed by atoms with Crippen molar-refractivity contribution < 1.29 is 4.74 Å². The van der Waals surface area contributed by atoms with Gasteiger partial charge in [0.05, 0.1) is 6.10 Å². The zero-order valence-electron chi connectivity index (χ0n) is 11.1. The van der Waals surface area contributed by atoms with Crippen LogP contribution in [0.3, 0.4) is 0 Å². The van der Waals surface area contributed by atoms with Crippen molar-refractivity contribution in [2.24, 2.45) is 0 Å². The van der Waals surface area contributed by atoms with Crippen LogP contribution in [-0.2, 0) is 4.74 Å². The van der Waals surface area contributed by atoms with Gasteiger partial charge >= 0.3 is 0 Å². The summed E-state index contributed by atoms with van der Waals surface area (Å²) in [5.74, 6) is 0.755. The Balaban J connectivity index is 1.75. The second-order valence-electron chi connectivity index (χ2n) is 5.23. The third kappa shape index (κ3) is 3.30. The Hall–Kier alpha value is -0.860. The van der Waals surface area contributed by atoms with Crippen molar-refractivity contribution in [1.82, 2.24) is 5.32 Å². The zero-order valence-corrected chi connectivity index (χ0v) is 11.1. The number of nitrogens with one attached hydrogen (secondary N) is 1. The van der Waals surface area contributed by atoms with Gasteiger partial charge in [0, 0.05) is 19.7 Å². The predicted octanol–water partition coefficient (Wildman–Crippen LogP) is 2.87. The van der Waals surface area contributed by atoms with E-state index in [9.17, 15) is 0 Å². The second kappa shape index (κ2) is 5.65. The summed E-state index contributed by atoms with van der Waals surface area (Å²) in [6, 6.07) is 9.58. The molecule has 1 atom stereocenters. The van der Waals surface area contributed by atoms with E-state index >= 15 is 0 Å². The van der Waals surface area contributed by atoms with Gasteiger partial charge in [0.25, 0.3) is 0 Å². The van der Waals surface area contributed by atoms with E-state index in [1.54, 1.807) is 7.11 Å². The van der Waals surface area contributed by atoms with Crippen molar-refractivity contribution in [1.29, 1.82) is 0 Å². The van der Waals surface area contributed by atoms with Crippen molar-refractivity contribution >= 4 is 0 Å². The van der Waals surface area contributed by atoms with E-state index in [2.05, 4.69) is 43.4 Å². The molecular formula is C15H23NO. The van der Waals surface area contributed by atoms with Crippen molar-refractivity contribution in [3.63, 3.8) is 0 Å². The zero-order chi connectivity index (χ0) is 12.3. The maximum atomic E-state index is 5.23. The lowest BCUT2D eigenvalue weighted by molar-refractivity contribution is 0.108. The Labute approximate surface area is 104 Å². The summed E-state index contributed by atoms with van der Waals surface area (Å²) in [4.78, 5) is 0. The van der Waals surface area contributed by atoms with E-state index in [0.717, 1.165) is 12.5 Å². The maximum Gasteiger partial charge on any atom is 0.0667 e.